The predicted molar refractivity (Wildman–Crippen MR) is 100 cm³/mol. The molecule has 5 nitrogen and oxygen atoms in total. The molecule has 2 rings (SSSR count). The lowest BCUT2D eigenvalue weighted by Gasteiger charge is -2.30. The van der Waals surface area contributed by atoms with Crippen molar-refractivity contribution in [3.63, 3.8) is 0 Å². The lowest BCUT2D eigenvalue weighted by Crippen LogP contribution is -2.35. The van der Waals surface area contributed by atoms with Gasteiger partial charge in [-0.3, -0.25) is 4.79 Å². The third kappa shape index (κ3) is 6.58. The minimum Gasteiger partial charge on any atom is -0.493 e. The highest BCUT2D eigenvalue weighted by atomic mass is 16.5. The van der Waals surface area contributed by atoms with Crippen molar-refractivity contribution in [1.29, 1.82) is 0 Å². The Hall–Kier alpha value is -1.75. The molecule has 1 aromatic carbocycles. The van der Waals surface area contributed by atoms with E-state index in [0.29, 0.717) is 24.3 Å². The van der Waals surface area contributed by atoms with Crippen LogP contribution in [0.4, 0.5) is 0 Å². The highest BCUT2D eigenvalue weighted by Gasteiger charge is 2.14. The Bertz CT molecular complexity index is 540. The molecule has 1 heterocycles. The first-order valence-corrected chi connectivity index (χ1v) is 9.32. The van der Waals surface area contributed by atoms with Gasteiger partial charge in [0.2, 0.25) is 5.91 Å². The van der Waals surface area contributed by atoms with Gasteiger partial charge >= 0.3 is 0 Å². The van der Waals surface area contributed by atoms with E-state index in [4.69, 9.17) is 9.47 Å². The van der Waals surface area contributed by atoms with E-state index in [0.717, 1.165) is 31.0 Å². The molecule has 0 spiro atoms. The third-order valence-corrected chi connectivity index (χ3v) is 4.94. The molecular formula is C20H32N2O3. The second kappa shape index (κ2) is 10.3. The van der Waals surface area contributed by atoms with Crippen LogP contribution >= 0.6 is 0 Å². The number of likely N-dealkylation sites (tertiary alicyclic amines) is 1. The van der Waals surface area contributed by atoms with Gasteiger partial charge in [-0.1, -0.05) is 13.0 Å². The molecule has 0 aromatic heterocycles. The minimum absolute atomic E-state index is 0.113. The minimum atomic E-state index is 0.113. The average molecular weight is 348 g/mol. The summed E-state index contributed by atoms with van der Waals surface area (Å²) < 4.78 is 10.5. The van der Waals surface area contributed by atoms with E-state index < -0.39 is 0 Å². The molecule has 25 heavy (non-hydrogen) atoms. The van der Waals surface area contributed by atoms with Crippen LogP contribution in [0.15, 0.2) is 18.2 Å². The first kappa shape index (κ1) is 19.6. The maximum atomic E-state index is 12.0. The van der Waals surface area contributed by atoms with Crippen LogP contribution in [-0.2, 0) is 11.2 Å². The van der Waals surface area contributed by atoms with E-state index in [1.165, 1.54) is 25.9 Å². The molecule has 1 saturated heterocycles. The van der Waals surface area contributed by atoms with Gasteiger partial charge < -0.3 is 19.7 Å². The second-order valence-electron chi connectivity index (χ2n) is 6.92. The van der Waals surface area contributed by atoms with Gasteiger partial charge in [-0.15, -0.1) is 0 Å². The number of benzene rings is 1. The number of amides is 1. The third-order valence-electron chi connectivity index (χ3n) is 4.94. The number of hydrogen-bond donors (Lipinski definition) is 1. The molecule has 1 fully saturated rings. The van der Waals surface area contributed by atoms with Crippen LogP contribution in [0.2, 0.25) is 0 Å². The topological polar surface area (TPSA) is 50.8 Å². The summed E-state index contributed by atoms with van der Waals surface area (Å²) in [6, 6.07) is 5.79. The van der Waals surface area contributed by atoms with E-state index in [9.17, 15) is 4.79 Å². The Balaban J connectivity index is 1.62. The molecule has 5 heteroatoms. The maximum Gasteiger partial charge on any atom is 0.220 e. The van der Waals surface area contributed by atoms with Crippen LogP contribution in [0.5, 0.6) is 11.5 Å². The predicted octanol–water partition coefficient (Wildman–Crippen LogP) is 2.87. The van der Waals surface area contributed by atoms with E-state index in [1.807, 2.05) is 18.2 Å². The first-order chi connectivity index (χ1) is 12.1. The molecule has 0 aliphatic carbocycles. The molecule has 0 atom stereocenters. The summed E-state index contributed by atoms with van der Waals surface area (Å²) in [5, 5.41) is 3.03. The van der Waals surface area contributed by atoms with Gasteiger partial charge in [0.25, 0.3) is 0 Å². The molecule has 0 bridgehead atoms. The summed E-state index contributed by atoms with van der Waals surface area (Å²) in [6.07, 6.45) is 4.83. The van der Waals surface area contributed by atoms with Crippen LogP contribution in [-0.4, -0.2) is 51.2 Å². The highest BCUT2D eigenvalue weighted by Crippen LogP contribution is 2.27. The molecule has 1 N–H and O–H groups in total. The summed E-state index contributed by atoms with van der Waals surface area (Å²) in [5.41, 5.74) is 1.08. The fourth-order valence-electron chi connectivity index (χ4n) is 3.20. The largest absolute Gasteiger partial charge is 0.493 e. The number of rotatable bonds is 9. The average Bonchev–Trinajstić information content (AvgIpc) is 2.64. The molecule has 0 radical (unpaired) electrons. The molecule has 1 aromatic rings. The number of piperidine rings is 1. The number of aryl methyl sites for hydroxylation is 1. The number of carbonyl (C=O) groups excluding carboxylic acids is 1. The number of ether oxygens (including phenoxy) is 2. The Kier molecular flexibility index (Phi) is 8.06. The summed E-state index contributed by atoms with van der Waals surface area (Å²) >= 11 is 0. The summed E-state index contributed by atoms with van der Waals surface area (Å²) in [4.78, 5) is 14.5. The van der Waals surface area contributed by atoms with Crippen LogP contribution in [0, 0.1) is 5.92 Å². The van der Waals surface area contributed by atoms with E-state index in [-0.39, 0.29) is 5.91 Å². The van der Waals surface area contributed by atoms with Crippen LogP contribution in [0.3, 0.4) is 0 Å². The van der Waals surface area contributed by atoms with Crippen molar-refractivity contribution >= 4 is 5.91 Å². The molecular weight excluding hydrogens is 316 g/mol. The van der Waals surface area contributed by atoms with Crippen molar-refractivity contribution in [3.05, 3.63) is 23.8 Å². The Morgan fingerprint density at radius 3 is 2.60 bits per heavy atom. The summed E-state index contributed by atoms with van der Waals surface area (Å²) in [7, 11) is 3.24. The van der Waals surface area contributed by atoms with Crippen molar-refractivity contribution in [2.24, 2.45) is 5.92 Å². The number of methoxy groups -OCH3 is 2. The van der Waals surface area contributed by atoms with Gasteiger partial charge in [0.05, 0.1) is 14.2 Å². The van der Waals surface area contributed by atoms with Crippen LogP contribution < -0.4 is 14.8 Å². The second-order valence-corrected chi connectivity index (χ2v) is 6.92. The highest BCUT2D eigenvalue weighted by molar-refractivity contribution is 5.76. The number of hydrogen-bond acceptors (Lipinski definition) is 4. The van der Waals surface area contributed by atoms with E-state index in [1.54, 1.807) is 14.2 Å². The zero-order valence-electron chi connectivity index (χ0n) is 15.8. The standard InChI is InChI=1S/C20H32N2O3/c1-16-9-13-22(14-10-16)12-4-11-21-20(23)8-6-17-5-7-18(24-2)19(15-17)25-3/h5,7,15-16H,4,6,8-14H2,1-3H3,(H,21,23). The van der Waals surface area contributed by atoms with Crippen LogP contribution in [0.1, 0.15) is 38.2 Å². The molecule has 0 saturated carbocycles. The molecule has 0 unspecified atom stereocenters. The zero-order valence-corrected chi connectivity index (χ0v) is 15.8. The van der Waals surface area contributed by atoms with Crippen molar-refractivity contribution in [1.82, 2.24) is 10.2 Å². The van der Waals surface area contributed by atoms with Gasteiger partial charge in [0, 0.05) is 13.0 Å². The maximum absolute atomic E-state index is 12.0. The smallest absolute Gasteiger partial charge is 0.220 e. The van der Waals surface area contributed by atoms with Gasteiger partial charge in [0.15, 0.2) is 11.5 Å². The fraction of sp³-hybridized carbons (Fsp3) is 0.650. The van der Waals surface area contributed by atoms with Gasteiger partial charge in [-0.2, -0.15) is 0 Å². The molecule has 1 amide bonds. The normalized spacial score (nSPS) is 15.8. The first-order valence-electron chi connectivity index (χ1n) is 9.32. The molecule has 140 valence electrons. The quantitative estimate of drug-likeness (QED) is 0.697. The van der Waals surface area contributed by atoms with Gasteiger partial charge in [0.1, 0.15) is 0 Å². The van der Waals surface area contributed by atoms with Crippen molar-refractivity contribution in [2.75, 3.05) is 40.4 Å². The lowest BCUT2D eigenvalue weighted by atomic mass is 9.99. The Labute approximate surface area is 151 Å². The van der Waals surface area contributed by atoms with Crippen molar-refractivity contribution in [2.45, 2.75) is 39.0 Å². The van der Waals surface area contributed by atoms with E-state index in [2.05, 4.69) is 17.1 Å². The van der Waals surface area contributed by atoms with Crippen molar-refractivity contribution in [3.8, 4) is 11.5 Å². The Morgan fingerprint density at radius 1 is 1.20 bits per heavy atom. The number of nitrogens with one attached hydrogen (secondary N) is 1. The van der Waals surface area contributed by atoms with Gasteiger partial charge in [-0.25, -0.2) is 0 Å². The SMILES string of the molecule is COc1ccc(CCC(=O)NCCCN2CCC(C)CC2)cc1OC. The summed E-state index contributed by atoms with van der Waals surface area (Å²) in [6.45, 7) is 6.58. The lowest BCUT2D eigenvalue weighted by molar-refractivity contribution is -0.121. The monoisotopic (exact) mass is 348 g/mol. The van der Waals surface area contributed by atoms with E-state index >= 15 is 0 Å². The number of carbonyl (C=O) groups is 1. The summed E-state index contributed by atoms with van der Waals surface area (Å²) in [5.74, 6) is 2.40. The number of nitrogens with zero attached hydrogens (tertiary/aromatic N) is 1. The van der Waals surface area contributed by atoms with Crippen molar-refractivity contribution < 1.29 is 14.3 Å². The molecule has 1 aliphatic heterocycles. The van der Waals surface area contributed by atoms with Gasteiger partial charge in [-0.05, 0) is 68.9 Å². The Morgan fingerprint density at radius 2 is 1.92 bits per heavy atom. The molecule has 1 aliphatic rings. The zero-order chi connectivity index (χ0) is 18.1. The van der Waals surface area contributed by atoms with Crippen LogP contribution in [0.25, 0.3) is 0 Å². The fourth-order valence-corrected chi connectivity index (χ4v) is 3.20.